The average molecular weight is 422 g/mol. The number of methoxy groups -OCH3 is 1. The predicted molar refractivity (Wildman–Crippen MR) is 121 cm³/mol. The molecule has 0 unspecified atom stereocenters. The van der Waals surface area contributed by atoms with Crippen molar-refractivity contribution in [2.24, 2.45) is 0 Å². The minimum Gasteiger partial charge on any atom is -0.383 e. The van der Waals surface area contributed by atoms with E-state index in [1.807, 2.05) is 32.0 Å². The predicted octanol–water partition coefficient (Wildman–Crippen LogP) is 3.18. The van der Waals surface area contributed by atoms with Crippen molar-refractivity contribution in [2.75, 3.05) is 18.2 Å². The Labute approximate surface area is 181 Å². The number of aryl methyl sites for hydroxylation is 3. The zero-order chi connectivity index (χ0) is 22.5. The standard InChI is InChI=1S/C23H27N5O3/c1-5-6-16-9-18(11-25-10-16)27-22(29)19-21(24)26-13-28(23(19)30)20-14(2)7-17(12-31-4)8-15(20)3/h7-11,13H,5-6,12,24H2,1-4H3,(H,27,29). The van der Waals surface area contributed by atoms with Crippen LogP contribution in [0.1, 0.15) is 46.0 Å². The maximum absolute atomic E-state index is 13.2. The van der Waals surface area contributed by atoms with Gasteiger partial charge in [0, 0.05) is 13.3 Å². The van der Waals surface area contributed by atoms with Gasteiger partial charge >= 0.3 is 0 Å². The molecule has 3 aromatic rings. The molecule has 0 aliphatic carbocycles. The van der Waals surface area contributed by atoms with E-state index >= 15 is 0 Å². The molecule has 0 atom stereocenters. The first kappa shape index (κ1) is 22.2. The molecular formula is C23H27N5O3. The van der Waals surface area contributed by atoms with Crippen LogP contribution in [0.3, 0.4) is 0 Å². The molecule has 0 bridgehead atoms. The van der Waals surface area contributed by atoms with Gasteiger partial charge in [0.25, 0.3) is 11.5 Å². The summed E-state index contributed by atoms with van der Waals surface area (Å²) in [5.41, 5.74) is 10.1. The Morgan fingerprint density at radius 1 is 1.16 bits per heavy atom. The van der Waals surface area contributed by atoms with E-state index in [1.54, 1.807) is 13.3 Å². The number of nitrogen functional groups attached to an aromatic ring is 1. The number of benzene rings is 1. The highest BCUT2D eigenvalue weighted by Crippen LogP contribution is 2.21. The van der Waals surface area contributed by atoms with Gasteiger partial charge in [-0.15, -0.1) is 0 Å². The summed E-state index contributed by atoms with van der Waals surface area (Å²) in [5, 5.41) is 2.72. The number of amides is 1. The lowest BCUT2D eigenvalue weighted by Gasteiger charge is -2.16. The number of nitrogens with two attached hydrogens (primary N) is 1. The number of anilines is 2. The van der Waals surface area contributed by atoms with Crippen LogP contribution in [-0.4, -0.2) is 27.6 Å². The van der Waals surface area contributed by atoms with Gasteiger partial charge in [-0.1, -0.05) is 25.5 Å². The molecule has 8 nitrogen and oxygen atoms in total. The number of nitrogens with zero attached hydrogens (tertiary/aromatic N) is 3. The van der Waals surface area contributed by atoms with Gasteiger partial charge in [-0.2, -0.15) is 0 Å². The number of aromatic nitrogens is 3. The SMILES string of the molecule is CCCc1cncc(NC(=O)c2c(N)ncn(-c3c(C)cc(COC)cc3C)c2=O)c1. The summed E-state index contributed by atoms with van der Waals surface area (Å²) in [6, 6.07) is 5.72. The van der Waals surface area contributed by atoms with Crippen molar-refractivity contribution in [2.45, 2.75) is 40.2 Å². The molecule has 3 N–H and O–H groups in total. The van der Waals surface area contributed by atoms with Crippen molar-refractivity contribution in [1.82, 2.24) is 14.5 Å². The van der Waals surface area contributed by atoms with Crippen LogP contribution in [0, 0.1) is 13.8 Å². The summed E-state index contributed by atoms with van der Waals surface area (Å²) in [6.07, 6.45) is 6.44. The van der Waals surface area contributed by atoms with Crippen molar-refractivity contribution in [3.8, 4) is 5.69 Å². The largest absolute Gasteiger partial charge is 0.383 e. The van der Waals surface area contributed by atoms with E-state index in [0.717, 1.165) is 35.1 Å². The first-order chi connectivity index (χ1) is 14.8. The third kappa shape index (κ3) is 4.80. The molecular weight excluding hydrogens is 394 g/mol. The van der Waals surface area contributed by atoms with Crippen LogP contribution in [0.2, 0.25) is 0 Å². The number of carbonyl (C=O) groups is 1. The fourth-order valence-corrected chi connectivity index (χ4v) is 3.69. The molecule has 0 saturated carbocycles. The molecule has 2 aromatic heterocycles. The number of carbonyl (C=O) groups excluding carboxylic acids is 1. The third-order valence-corrected chi connectivity index (χ3v) is 4.92. The first-order valence-corrected chi connectivity index (χ1v) is 10.1. The van der Waals surface area contributed by atoms with Crippen molar-refractivity contribution in [3.05, 3.63) is 75.1 Å². The van der Waals surface area contributed by atoms with E-state index in [0.29, 0.717) is 18.0 Å². The quantitative estimate of drug-likeness (QED) is 0.606. The molecule has 0 radical (unpaired) electrons. The van der Waals surface area contributed by atoms with Crippen LogP contribution in [-0.2, 0) is 17.8 Å². The van der Waals surface area contributed by atoms with Crippen molar-refractivity contribution in [3.63, 3.8) is 0 Å². The Balaban J connectivity index is 2.01. The Hall–Kier alpha value is -3.52. The lowest BCUT2D eigenvalue weighted by Crippen LogP contribution is -2.31. The lowest BCUT2D eigenvalue weighted by molar-refractivity contribution is 0.102. The highest BCUT2D eigenvalue weighted by atomic mass is 16.5. The minimum atomic E-state index is -0.619. The maximum Gasteiger partial charge on any atom is 0.272 e. The number of pyridine rings is 1. The van der Waals surface area contributed by atoms with E-state index in [-0.39, 0.29) is 11.4 Å². The molecule has 0 saturated heterocycles. The van der Waals surface area contributed by atoms with E-state index in [9.17, 15) is 9.59 Å². The van der Waals surface area contributed by atoms with Crippen molar-refractivity contribution < 1.29 is 9.53 Å². The number of hydrogen-bond acceptors (Lipinski definition) is 6. The summed E-state index contributed by atoms with van der Waals surface area (Å²) in [4.78, 5) is 34.4. The zero-order valence-electron chi connectivity index (χ0n) is 18.2. The van der Waals surface area contributed by atoms with Gasteiger partial charge in [0.2, 0.25) is 0 Å². The highest BCUT2D eigenvalue weighted by molar-refractivity contribution is 6.06. The van der Waals surface area contributed by atoms with Gasteiger partial charge in [0.1, 0.15) is 17.7 Å². The monoisotopic (exact) mass is 421 g/mol. The number of ether oxygens (including phenoxy) is 1. The topological polar surface area (TPSA) is 112 Å². The zero-order valence-corrected chi connectivity index (χ0v) is 18.2. The van der Waals surface area contributed by atoms with E-state index in [4.69, 9.17) is 10.5 Å². The van der Waals surface area contributed by atoms with Crippen molar-refractivity contribution in [1.29, 1.82) is 0 Å². The Morgan fingerprint density at radius 2 is 1.87 bits per heavy atom. The fraction of sp³-hybridized carbons (Fsp3) is 0.304. The van der Waals surface area contributed by atoms with E-state index in [2.05, 4.69) is 22.2 Å². The van der Waals surface area contributed by atoms with Gasteiger partial charge in [-0.3, -0.25) is 19.1 Å². The van der Waals surface area contributed by atoms with Crippen LogP contribution in [0.15, 0.2) is 41.7 Å². The summed E-state index contributed by atoms with van der Waals surface area (Å²) in [7, 11) is 1.63. The van der Waals surface area contributed by atoms with Crippen LogP contribution >= 0.6 is 0 Å². The number of nitrogens with one attached hydrogen (secondary N) is 1. The molecule has 1 amide bonds. The molecule has 0 aliphatic rings. The molecule has 3 rings (SSSR count). The Morgan fingerprint density at radius 3 is 2.52 bits per heavy atom. The molecule has 0 aliphatic heterocycles. The van der Waals surface area contributed by atoms with Gasteiger partial charge in [-0.05, 0) is 48.6 Å². The van der Waals surface area contributed by atoms with Gasteiger partial charge in [-0.25, -0.2) is 4.98 Å². The molecule has 0 fully saturated rings. The van der Waals surface area contributed by atoms with Crippen LogP contribution in [0.25, 0.3) is 5.69 Å². The Kier molecular flexibility index (Phi) is 6.81. The molecule has 1 aromatic carbocycles. The second kappa shape index (κ2) is 9.53. The lowest BCUT2D eigenvalue weighted by atomic mass is 10.0. The summed E-state index contributed by atoms with van der Waals surface area (Å²) in [6.45, 7) is 6.33. The van der Waals surface area contributed by atoms with E-state index < -0.39 is 11.5 Å². The van der Waals surface area contributed by atoms with Gasteiger partial charge < -0.3 is 15.8 Å². The normalized spacial score (nSPS) is 10.8. The summed E-state index contributed by atoms with van der Waals surface area (Å²) in [5.74, 6) is -0.742. The third-order valence-electron chi connectivity index (χ3n) is 4.92. The molecule has 162 valence electrons. The fourth-order valence-electron chi connectivity index (χ4n) is 3.69. The second-order valence-corrected chi connectivity index (χ2v) is 7.48. The molecule has 8 heteroatoms. The van der Waals surface area contributed by atoms with Gasteiger partial charge in [0.05, 0.1) is 24.2 Å². The molecule has 0 spiro atoms. The second-order valence-electron chi connectivity index (χ2n) is 7.48. The molecule has 31 heavy (non-hydrogen) atoms. The van der Waals surface area contributed by atoms with Crippen LogP contribution in [0.4, 0.5) is 11.5 Å². The first-order valence-electron chi connectivity index (χ1n) is 10.1. The van der Waals surface area contributed by atoms with Gasteiger partial charge in [0.15, 0.2) is 0 Å². The molecule has 2 heterocycles. The van der Waals surface area contributed by atoms with Crippen LogP contribution in [0.5, 0.6) is 0 Å². The summed E-state index contributed by atoms with van der Waals surface area (Å²) >= 11 is 0. The highest BCUT2D eigenvalue weighted by Gasteiger charge is 2.20. The average Bonchev–Trinajstić information content (AvgIpc) is 2.70. The van der Waals surface area contributed by atoms with Crippen molar-refractivity contribution >= 4 is 17.4 Å². The minimum absolute atomic E-state index is 0.122. The summed E-state index contributed by atoms with van der Waals surface area (Å²) < 4.78 is 6.56. The van der Waals surface area contributed by atoms with E-state index in [1.165, 1.54) is 17.1 Å². The Bertz CT molecular complexity index is 1150. The number of hydrogen-bond donors (Lipinski definition) is 2. The number of rotatable bonds is 7. The smallest absolute Gasteiger partial charge is 0.272 e. The van der Waals surface area contributed by atoms with Crippen LogP contribution < -0.4 is 16.6 Å². The maximum atomic E-state index is 13.2.